The molecule has 3 rings (SSSR count). The maximum atomic E-state index is 12.3. The second-order valence-corrected chi connectivity index (χ2v) is 6.69. The normalized spacial score (nSPS) is 12.8. The Balaban J connectivity index is 2.02. The Morgan fingerprint density at radius 3 is 2.90 bits per heavy atom. The van der Waals surface area contributed by atoms with Gasteiger partial charge in [0.15, 0.2) is 0 Å². The number of hydrogen-bond acceptors (Lipinski definition) is 6. The van der Waals surface area contributed by atoms with Gasteiger partial charge in [-0.15, -0.1) is 0 Å². The number of aromatic nitrogens is 2. The number of nitrogens with one attached hydrogen (secondary N) is 2. The van der Waals surface area contributed by atoms with Crippen molar-refractivity contribution >= 4 is 47.6 Å². The molecule has 0 spiro atoms. The number of sulfonamides is 1. The van der Waals surface area contributed by atoms with Crippen LogP contribution in [-0.4, -0.2) is 44.3 Å². The molecule has 2 aromatic rings. The van der Waals surface area contributed by atoms with E-state index >= 15 is 0 Å². The Hall–Kier alpha value is -2.23. The predicted octanol–water partition coefficient (Wildman–Crippen LogP) is 1.26. The van der Waals surface area contributed by atoms with Crippen LogP contribution >= 0.6 is 0 Å². The van der Waals surface area contributed by atoms with Crippen LogP contribution in [0.25, 0.3) is 0 Å². The van der Waals surface area contributed by atoms with Gasteiger partial charge >= 0.3 is 124 Å². The molecule has 0 fully saturated rings. The van der Waals surface area contributed by atoms with Crippen molar-refractivity contribution in [3.63, 3.8) is 0 Å². The number of hydrogen-bond donors (Lipinski definition) is 3. The van der Waals surface area contributed by atoms with Crippen LogP contribution in [-0.2, 0) is 10.0 Å². The number of carbonyl (C=O) groups is 1. The van der Waals surface area contributed by atoms with Gasteiger partial charge in [-0.3, -0.25) is 0 Å². The topological polar surface area (TPSA) is 137 Å². The summed E-state index contributed by atoms with van der Waals surface area (Å²) in [6.07, 6.45) is 0.940. The quantitative estimate of drug-likeness (QED) is 0.592. The number of rotatable bonds is 4. The van der Waals surface area contributed by atoms with Crippen molar-refractivity contribution in [2.45, 2.75) is 5.03 Å². The first-order valence-electron chi connectivity index (χ1n) is 5.50. The van der Waals surface area contributed by atoms with Crippen LogP contribution in [0.4, 0.5) is 17.1 Å². The summed E-state index contributed by atoms with van der Waals surface area (Å²) in [4.78, 5) is 11.0. The van der Waals surface area contributed by atoms with E-state index in [0.717, 1.165) is 6.20 Å². The van der Waals surface area contributed by atoms with Crippen LogP contribution in [0, 0.1) is 0 Å². The van der Waals surface area contributed by atoms with Crippen LogP contribution < -0.4 is 4.72 Å². The molecule has 1 aliphatic rings. The molecule has 21 heavy (non-hydrogen) atoms. The molecule has 0 amide bonds. The predicted molar refractivity (Wildman–Crippen MR) is 72.7 cm³/mol. The number of benzene rings is 1. The Labute approximate surface area is 124 Å². The van der Waals surface area contributed by atoms with Crippen molar-refractivity contribution in [1.29, 1.82) is 0 Å². The molecule has 0 atom stereocenters. The Morgan fingerprint density at radius 1 is 1.33 bits per heavy atom. The Morgan fingerprint density at radius 2 is 2.14 bits per heavy atom. The molecule has 1 aliphatic heterocycles. The Bertz CT molecular complexity index is 913. The SMILES string of the molecule is O=C(O)c1cn[nH]c1S(=O)(=O)Nc1cccc2c1N=[Se]=N2. The number of fused-ring (bicyclic) bond motifs is 1. The summed E-state index contributed by atoms with van der Waals surface area (Å²) in [6.45, 7) is 0. The second-order valence-electron chi connectivity index (χ2n) is 3.96. The minimum atomic E-state index is -4.11. The molecule has 9 nitrogen and oxygen atoms in total. The van der Waals surface area contributed by atoms with Crippen LogP contribution in [0.2, 0.25) is 0 Å². The van der Waals surface area contributed by atoms with E-state index in [9.17, 15) is 13.2 Å². The number of carboxylic acid groups (broad SMARTS) is 1. The molecular formula is C10H7N5O4SSe. The van der Waals surface area contributed by atoms with Gasteiger partial charge in [-0.05, 0) is 0 Å². The summed E-state index contributed by atoms with van der Waals surface area (Å²) in [5.74, 6) is -1.38. The number of nitrogens with zero attached hydrogens (tertiary/aromatic N) is 3. The van der Waals surface area contributed by atoms with Gasteiger partial charge in [0.05, 0.1) is 0 Å². The van der Waals surface area contributed by atoms with Gasteiger partial charge in [-0.1, -0.05) is 0 Å². The first kappa shape index (κ1) is 13.7. The first-order valence-corrected chi connectivity index (χ1v) is 8.51. The van der Waals surface area contributed by atoms with Crippen LogP contribution in [0.15, 0.2) is 37.3 Å². The van der Waals surface area contributed by atoms with Crippen molar-refractivity contribution in [2.24, 2.45) is 7.92 Å². The number of carboxylic acids is 1. The molecule has 0 unspecified atom stereocenters. The molecule has 0 aliphatic carbocycles. The van der Waals surface area contributed by atoms with Gasteiger partial charge in [0.25, 0.3) is 0 Å². The van der Waals surface area contributed by atoms with Gasteiger partial charge in [-0.25, -0.2) is 0 Å². The van der Waals surface area contributed by atoms with E-state index in [4.69, 9.17) is 5.11 Å². The molecular weight excluding hydrogens is 365 g/mol. The van der Waals surface area contributed by atoms with E-state index in [2.05, 4.69) is 22.8 Å². The van der Waals surface area contributed by atoms with E-state index in [-0.39, 0.29) is 20.3 Å². The summed E-state index contributed by atoms with van der Waals surface area (Å²) in [5.41, 5.74) is 0.887. The van der Waals surface area contributed by atoms with Crippen molar-refractivity contribution in [3.05, 3.63) is 30.0 Å². The van der Waals surface area contributed by atoms with E-state index in [1.54, 1.807) is 12.1 Å². The van der Waals surface area contributed by atoms with E-state index in [0.29, 0.717) is 11.4 Å². The fourth-order valence-corrected chi connectivity index (χ4v) is 4.03. The average Bonchev–Trinajstić information content (AvgIpc) is 3.08. The third-order valence-corrected chi connectivity index (χ3v) is 5.11. The standard InChI is InChI=1S/C10H7N5O4SSe/c16-10(17)5-4-11-12-9(5)20(18,19)13-6-2-1-3-7-8(6)15-21-14-7/h1-4,13H,(H,11,12)(H,16,17). The average molecular weight is 372 g/mol. The summed E-state index contributed by atoms with van der Waals surface area (Å²) < 4.78 is 35.2. The molecule has 3 N–H and O–H groups in total. The summed E-state index contributed by atoms with van der Waals surface area (Å²) >= 11 is -0.301. The zero-order valence-corrected chi connectivity index (χ0v) is 12.7. The van der Waals surface area contributed by atoms with Crippen LogP contribution in [0.3, 0.4) is 0 Å². The van der Waals surface area contributed by atoms with Gasteiger partial charge < -0.3 is 0 Å². The van der Waals surface area contributed by atoms with E-state index in [1.165, 1.54) is 6.07 Å². The second kappa shape index (κ2) is 4.95. The van der Waals surface area contributed by atoms with E-state index in [1.807, 2.05) is 0 Å². The van der Waals surface area contributed by atoms with Crippen LogP contribution in [0.5, 0.6) is 0 Å². The summed E-state index contributed by atoms with van der Waals surface area (Å²) in [7, 11) is -4.11. The van der Waals surface area contributed by atoms with Crippen LogP contribution in [0.1, 0.15) is 10.4 Å². The first-order chi connectivity index (χ1) is 9.99. The number of aromatic amines is 1. The molecule has 108 valence electrons. The fraction of sp³-hybridized carbons (Fsp3) is 0. The molecule has 0 saturated heterocycles. The molecule has 11 heteroatoms. The summed E-state index contributed by atoms with van der Waals surface area (Å²) in [6, 6.07) is 4.90. The zero-order valence-electron chi connectivity index (χ0n) is 10.1. The molecule has 2 heterocycles. The number of anilines is 1. The fourth-order valence-electron chi connectivity index (χ4n) is 1.72. The van der Waals surface area contributed by atoms with Crippen molar-refractivity contribution in [1.82, 2.24) is 10.2 Å². The Kier molecular flexibility index (Phi) is 3.24. The van der Waals surface area contributed by atoms with Crippen molar-refractivity contribution in [3.8, 4) is 0 Å². The molecule has 0 saturated carbocycles. The zero-order chi connectivity index (χ0) is 15.0. The molecule has 0 radical (unpaired) electrons. The maximum absolute atomic E-state index is 12.3. The van der Waals surface area contributed by atoms with Gasteiger partial charge in [0.2, 0.25) is 0 Å². The number of aromatic carboxylic acids is 1. The third kappa shape index (κ3) is 2.42. The van der Waals surface area contributed by atoms with E-state index < -0.39 is 26.6 Å². The third-order valence-electron chi connectivity index (χ3n) is 2.63. The number of H-pyrrole nitrogens is 1. The van der Waals surface area contributed by atoms with Gasteiger partial charge in [0, 0.05) is 0 Å². The molecule has 1 aromatic heterocycles. The minimum absolute atomic E-state index is 0.251. The molecule has 1 aromatic carbocycles. The van der Waals surface area contributed by atoms with Gasteiger partial charge in [-0.2, -0.15) is 0 Å². The monoisotopic (exact) mass is 373 g/mol. The van der Waals surface area contributed by atoms with Crippen molar-refractivity contribution < 1.29 is 18.3 Å². The van der Waals surface area contributed by atoms with Gasteiger partial charge in [0.1, 0.15) is 0 Å². The summed E-state index contributed by atoms with van der Waals surface area (Å²) in [5, 5.41) is 14.1. The van der Waals surface area contributed by atoms with Crippen molar-refractivity contribution in [2.75, 3.05) is 4.72 Å². The molecule has 0 bridgehead atoms.